The number of unbranched alkanes of at least 4 members (excludes halogenated alkanes) is 2. The van der Waals surface area contributed by atoms with E-state index in [4.69, 9.17) is 4.74 Å². The third-order valence-electron chi connectivity index (χ3n) is 5.43. The summed E-state index contributed by atoms with van der Waals surface area (Å²) in [5.41, 5.74) is 2.07. The molecule has 0 radical (unpaired) electrons. The normalized spacial score (nSPS) is 16.8. The Labute approximate surface area is 187 Å². The molecule has 1 aromatic heterocycles. The van der Waals surface area contributed by atoms with Gasteiger partial charge in [0.05, 0.1) is 0 Å². The van der Waals surface area contributed by atoms with E-state index in [-0.39, 0.29) is 12.0 Å². The first-order valence-corrected chi connectivity index (χ1v) is 11.6. The number of aromatic nitrogens is 1. The van der Waals surface area contributed by atoms with E-state index in [1.165, 1.54) is 24.0 Å². The Kier molecular flexibility index (Phi) is 10.2. The molecular weight excluding hydrogens is 392 g/mol. The maximum absolute atomic E-state index is 12.0. The van der Waals surface area contributed by atoms with Crippen LogP contribution in [0.3, 0.4) is 0 Å². The molecule has 0 bridgehead atoms. The van der Waals surface area contributed by atoms with Crippen LogP contribution in [-0.4, -0.2) is 54.2 Å². The van der Waals surface area contributed by atoms with Gasteiger partial charge in [-0.3, -0.25) is 14.7 Å². The highest BCUT2D eigenvalue weighted by molar-refractivity contribution is 5.75. The third kappa shape index (κ3) is 10.1. The number of carbonyl (C=O) groups is 2. The van der Waals surface area contributed by atoms with Crippen LogP contribution < -0.4 is 10.6 Å². The summed E-state index contributed by atoms with van der Waals surface area (Å²) in [5, 5.41) is 5.75. The summed E-state index contributed by atoms with van der Waals surface area (Å²) in [4.78, 5) is 30.4. The number of hydrogen-bond donors (Lipinski definition) is 2. The number of carbonyl (C=O) groups excluding carboxylic acids is 2. The quantitative estimate of drug-likeness (QED) is 0.517. The van der Waals surface area contributed by atoms with Crippen molar-refractivity contribution < 1.29 is 14.3 Å². The fourth-order valence-electron chi connectivity index (χ4n) is 3.86. The van der Waals surface area contributed by atoms with E-state index in [1.807, 2.05) is 33.2 Å². The average molecular weight is 433 g/mol. The summed E-state index contributed by atoms with van der Waals surface area (Å²) in [6, 6.07) is 2.76. The van der Waals surface area contributed by atoms with Crippen molar-refractivity contribution in [2.75, 3.05) is 26.7 Å². The second-order valence-electron chi connectivity index (χ2n) is 9.46. The maximum atomic E-state index is 12.0. The summed E-state index contributed by atoms with van der Waals surface area (Å²) in [6.07, 6.45) is 10.9. The molecule has 2 N–H and O–H groups in total. The Morgan fingerprint density at radius 3 is 2.61 bits per heavy atom. The Bertz CT molecular complexity index is 702. The third-order valence-corrected chi connectivity index (χ3v) is 5.43. The molecule has 1 aromatic rings. The molecule has 2 heterocycles. The van der Waals surface area contributed by atoms with Crippen molar-refractivity contribution in [2.24, 2.45) is 0 Å². The van der Waals surface area contributed by atoms with Crippen LogP contribution in [0, 0.1) is 0 Å². The number of nitrogens with zero attached hydrogens (tertiary/aromatic N) is 2. The predicted octanol–water partition coefficient (Wildman–Crippen LogP) is 3.98. The van der Waals surface area contributed by atoms with E-state index in [9.17, 15) is 9.59 Å². The van der Waals surface area contributed by atoms with Gasteiger partial charge >= 0.3 is 6.09 Å². The predicted molar refractivity (Wildman–Crippen MR) is 123 cm³/mol. The van der Waals surface area contributed by atoms with Crippen molar-refractivity contribution in [2.45, 2.75) is 83.8 Å². The summed E-state index contributed by atoms with van der Waals surface area (Å²) < 4.78 is 5.19. The number of alkyl carbamates (subject to hydrolysis) is 1. The summed E-state index contributed by atoms with van der Waals surface area (Å²) >= 11 is 0. The molecule has 7 nitrogen and oxygen atoms in total. The van der Waals surface area contributed by atoms with E-state index in [2.05, 4.69) is 33.6 Å². The van der Waals surface area contributed by atoms with Gasteiger partial charge in [-0.15, -0.1) is 0 Å². The highest BCUT2D eigenvalue weighted by atomic mass is 16.6. The van der Waals surface area contributed by atoms with Crippen molar-refractivity contribution in [1.82, 2.24) is 20.5 Å². The van der Waals surface area contributed by atoms with Crippen LogP contribution in [0.2, 0.25) is 0 Å². The number of nitrogens with one attached hydrogen (secondary N) is 2. The minimum absolute atomic E-state index is 0.0968. The topological polar surface area (TPSA) is 83.6 Å². The van der Waals surface area contributed by atoms with Crippen LogP contribution in [-0.2, 0) is 16.0 Å². The zero-order valence-electron chi connectivity index (χ0n) is 19.7. The molecule has 174 valence electrons. The second kappa shape index (κ2) is 12.6. The van der Waals surface area contributed by atoms with Crippen molar-refractivity contribution in [3.63, 3.8) is 0 Å². The van der Waals surface area contributed by atoms with Gasteiger partial charge in [-0.05, 0) is 84.0 Å². The lowest BCUT2D eigenvalue weighted by atomic mass is 10.0. The minimum atomic E-state index is -0.478. The van der Waals surface area contributed by atoms with Gasteiger partial charge in [-0.1, -0.05) is 12.5 Å². The molecule has 1 unspecified atom stereocenters. The summed E-state index contributed by atoms with van der Waals surface area (Å²) in [7, 11) is 2.18. The Hall–Kier alpha value is -2.15. The maximum Gasteiger partial charge on any atom is 0.407 e. The van der Waals surface area contributed by atoms with Crippen molar-refractivity contribution in [3.05, 3.63) is 29.6 Å². The summed E-state index contributed by atoms with van der Waals surface area (Å²) in [6.45, 7) is 7.94. The van der Waals surface area contributed by atoms with Gasteiger partial charge in [-0.2, -0.15) is 0 Å². The van der Waals surface area contributed by atoms with Crippen molar-refractivity contribution in [1.29, 1.82) is 0 Å². The van der Waals surface area contributed by atoms with Gasteiger partial charge in [0, 0.05) is 37.9 Å². The number of likely N-dealkylation sites (tertiary alicyclic amines) is 1. The fourth-order valence-corrected chi connectivity index (χ4v) is 3.86. The number of ether oxygens (including phenoxy) is 1. The monoisotopic (exact) mass is 432 g/mol. The Morgan fingerprint density at radius 1 is 1.13 bits per heavy atom. The molecular formula is C24H40N4O3. The van der Waals surface area contributed by atoms with Gasteiger partial charge in [0.25, 0.3) is 0 Å². The van der Waals surface area contributed by atoms with Gasteiger partial charge < -0.3 is 15.4 Å². The molecule has 1 fully saturated rings. The molecule has 31 heavy (non-hydrogen) atoms. The molecule has 1 aliphatic rings. The molecule has 1 saturated heterocycles. The highest BCUT2D eigenvalue weighted by Crippen LogP contribution is 2.30. The number of hydrogen-bond acceptors (Lipinski definition) is 5. The smallest absolute Gasteiger partial charge is 0.407 e. The molecule has 0 aromatic carbocycles. The largest absolute Gasteiger partial charge is 0.444 e. The van der Waals surface area contributed by atoms with Gasteiger partial charge in [0.2, 0.25) is 5.91 Å². The van der Waals surface area contributed by atoms with Crippen molar-refractivity contribution in [3.8, 4) is 0 Å². The van der Waals surface area contributed by atoms with Crippen molar-refractivity contribution >= 4 is 12.0 Å². The molecule has 1 aliphatic heterocycles. The molecule has 7 heteroatoms. The van der Waals surface area contributed by atoms with Crippen LogP contribution in [0.4, 0.5) is 4.79 Å². The lowest BCUT2D eigenvalue weighted by Gasteiger charge is -2.19. The zero-order chi connectivity index (χ0) is 22.7. The van der Waals surface area contributed by atoms with Crippen LogP contribution in [0.25, 0.3) is 0 Å². The van der Waals surface area contributed by atoms with Gasteiger partial charge in [-0.25, -0.2) is 4.79 Å². The number of rotatable bonds is 11. The van der Waals surface area contributed by atoms with Crippen LogP contribution in [0.5, 0.6) is 0 Å². The first-order valence-electron chi connectivity index (χ1n) is 11.6. The first kappa shape index (κ1) is 25.1. The second-order valence-corrected chi connectivity index (χ2v) is 9.46. The summed E-state index contributed by atoms with van der Waals surface area (Å²) in [5.74, 6) is 0.0968. The first-order chi connectivity index (χ1) is 14.7. The lowest BCUT2D eigenvalue weighted by Crippen LogP contribution is -2.33. The van der Waals surface area contributed by atoms with Crippen LogP contribution in [0.1, 0.15) is 82.9 Å². The van der Waals surface area contributed by atoms with E-state index in [0.29, 0.717) is 25.6 Å². The Morgan fingerprint density at radius 2 is 1.90 bits per heavy atom. The zero-order valence-corrected chi connectivity index (χ0v) is 19.7. The lowest BCUT2D eigenvalue weighted by molar-refractivity contribution is -0.121. The molecule has 0 spiro atoms. The van der Waals surface area contributed by atoms with E-state index in [0.717, 1.165) is 38.6 Å². The average Bonchev–Trinajstić information content (AvgIpc) is 3.13. The standard InChI is InChI=1S/C24H40N4O3/c1-24(2,3)31-23(30)27-13-7-5-6-12-22(29)26-14-8-10-19-16-20(18-25-17-19)21-11-9-15-28(21)4/h16-18,21H,5-15H2,1-4H3,(H,26,29)(H,27,30). The molecule has 0 saturated carbocycles. The fraction of sp³-hybridized carbons (Fsp3) is 0.708. The molecule has 2 amide bonds. The van der Waals surface area contributed by atoms with E-state index >= 15 is 0 Å². The molecule has 0 aliphatic carbocycles. The van der Waals surface area contributed by atoms with Gasteiger partial charge in [0.15, 0.2) is 0 Å². The number of aryl methyl sites for hydroxylation is 1. The van der Waals surface area contributed by atoms with E-state index in [1.54, 1.807) is 0 Å². The van der Waals surface area contributed by atoms with Gasteiger partial charge in [0.1, 0.15) is 5.60 Å². The molecule has 1 atom stereocenters. The van der Waals surface area contributed by atoms with Crippen LogP contribution >= 0.6 is 0 Å². The van der Waals surface area contributed by atoms with Crippen LogP contribution in [0.15, 0.2) is 18.5 Å². The number of pyridine rings is 1. The SMILES string of the molecule is CN1CCCC1c1cncc(CCCNC(=O)CCCCCNC(=O)OC(C)(C)C)c1. The van der Waals surface area contributed by atoms with E-state index < -0.39 is 5.60 Å². The Balaban J connectivity index is 1.51. The highest BCUT2D eigenvalue weighted by Gasteiger charge is 2.22. The number of amides is 2. The minimum Gasteiger partial charge on any atom is -0.444 e. The molecule has 2 rings (SSSR count).